The van der Waals surface area contributed by atoms with Gasteiger partial charge in [0, 0.05) is 17.2 Å². The lowest BCUT2D eigenvalue weighted by Crippen LogP contribution is -2.17. The maximum atomic E-state index is 13.7. The molecule has 0 radical (unpaired) electrons. The molecule has 0 heterocycles. The molecule has 2 aromatic carbocycles. The van der Waals surface area contributed by atoms with Crippen molar-refractivity contribution in [1.82, 2.24) is 0 Å². The largest absolute Gasteiger partial charge is 0.324 e. The first-order chi connectivity index (χ1) is 9.40. The predicted octanol–water partition coefficient (Wildman–Crippen LogP) is 4.25. The lowest BCUT2D eigenvalue weighted by molar-refractivity contribution is 0.523. The van der Waals surface area contributed by atoms with Crippen molar-refractivity contribution in [3.05, 3.63) is 69.2 Å². The van der Waals surface area contributed by atoms with Crippen LogP contribution in [0.25, 0.3) is 0 Å². The van der Waals surface area contributed by atoms with Crippen molar-refractivity contribution in [2.24, 2.45) is 5.73 Å². The van der Waals surface area contributed by atoms with Gasteiger partial charge >= 0.3 is 0 Å². The predicted molar refractivity (Wildman–Crippen MR) is 71.0 cm³/mol. The Morgan fingerprint density at radius 3 is 2.15 bits per heavy atom. The average Bonchev–Trinajstić information content (AvgIpc) is 2.38. The van der Waals surface area contributed by atoms with Crippen LogP contribution in [0.5, 0.6) is 0 Å². The second-order valence-corrected chi connectivity index (χ2v) is 5.15. The van der Waals surface area contributed by atoms with Crippen molar-refractivity contribution in [1.29, 1.82) is 0 Å². The van der Waals surface area contributed by atoms with Gasteiger partial charge in [-0.1, -0.05) is 6.07 Å². The van der Waals surface area contributed by atoms with Crippen LogP contribution < -0.4 is 5.73 Å². The quantitative estimate of drug-likeness (QED) is 0.651. The number of hydrogen-bond acceptors (Lipinski definition) is 1. The smallest absolute Gasteiger partial charge is 0.137 e. The summed E-state index contributed by atoms with van der Waals surface area (Å²) in [5.41, 5.74) is 5.35. The van der Waals surface area contributed by atoms with Gasteiger partial charge in [-0.15, -0.1) is 0 Å². The van der Waals surface area contributed by atoms with E-state index in [4.69, 9.17) is 5.73 Å². The third-order valence-electron chi connectivity index (χ3n) is 2.92. The van der Waals surface area contributed by atoms with Crippen molar-refractivity contribution in [2.75, 3.05) is 0 Å². The molecule has 1 atom stereocenters. The maximum Gasteiger partial charge on any atom is 0.137 e. The van der Waals surface area contributed by atoms with E-state index in [-0.39, 0.29) is 22.0 Å². The Balaban J connectivity index is 2.33. The van der Waals surface area contributed by atoms with Crippen molar-refractivity contribution in [3.63, 3.8) is 0 Å². The molecule has 0 aromatic heterocycles. The number of nitrogens with two attached hydrogens (primary N) is 1. The molecule has 0 saturated heterocycles. The molecule has 6 heteroatoms. The van der Waals surface area contributed by atoms with Gasteiger partial charge in [-0.05, 0) is 46.6 Å². The summed E-state index contributed by atoms with van der Waals surface area (Å²) in [4.78, 5) is 0. The Bertz CT molecular complexity index is 625. The molecule has 0 amide bonds. The summed E-state index contributed by atoms with van der Waals surface area (Å²) in [5.74, 6) is -2.95. The zero-order valence-corrected chi connectivity index (χ0v) is 11.7. The van der Waals surface area contributed by atoms with Crippen LogP contribution in [0.4, 0.5) is 17.6 Å². The van der Waals surface area contributed by atoms with Crippen molar-refractivity contribution in [2.45, 2.75) is 12.5 Å². The van der Waals surface area contributed by atoms with E-state index < -0.39 is 29.3 Å². The highest BCUT2D eigenvalue weighted by Crippen LogP contribution is 2.26. The van der Waals surface area contributed by atoms with Crippen LogP contribution in [0.15, 0.2) is 34.8 Å². The van der Waals surface area contributed by atoms with Gasteiger partial charge in [0.15, 0.2) is 0 Å². The minimum Gasteiger partial charge on any atom is -0.324 e. The van der Waals surface area contributed by atoms with E-state index in [2.05, 4.69) is 15.9 Å². The van der Waals surface area contributed by atoms with Gasteiger partial charge in [-0.3, -0.25) is 0 Å². The molecule has 0 aliphatic heterocycles. The third kappa shape index (κ3) is 3.02. The zero-order chi connectivity index (χ0) is 14.9. The van der Waals surface area contributed by atoms with E-state index in [9.17, 15) is 17.6 Å². The van der Waals surface area contributed by atoms with Crippen LogP contribution in [0, 0.1) is 23.3 Å². The van der Waals surface area contributed by atoms with E-state index in [1.807, 2.05) is 0 Å². The normalized spacial score (nSPS) is 12.5. The first-order valence-electron chi connectivity index (χ1n) is 5.73. The minimum absolute atomic E-state index is 0.0389. The summed E-state index contributed by atoms with van der Waals surface area (Å²) < 4.78 is 54.1. The molecular weight excluding hydrogens is 338 g/mol. The van der Waals surface area contributed by atoms with Crippen LogP contribution in [0.1, 0.15) is 17.2 Å². The van der Waals surface area contributed by atoms with Crippen LogP contribution in [0.3, 0.4) is 0 Å². The second kappa shape index (κ2) is 5.93. The zero-order valence-electron chi connectivity index (χ0n) is 10.1. The summed E-state index contributed by atoms with van der Waals surface area (Å²) in [7, 11) is 0. The highest BCUT2D eigenvalue weighted by molar-refractivity contribution is 9.10. The van der Waals surface area contributed by atoms with E-state index in [0.29, 0.717) is 0 Å². The Morgan fingerprint density at radius 1 is 0.950 bits per heavy atom. The third-order valence-corrected chi connectivity index (χ3v) is 3.53. The van der Waals surface area contributed by atoms with Crippen LogP contribution in [0.2, 0.25) is 0 Å². The SMILES string of the molecule is NC(Cc1c(F)cccc1F)c1cc(F)c(Br)cc1F. The van der Waals surface area contributed by atoms with E-state index in [1.54, 1.807) is 0 Å². The van der Waals surface area contributed by atoms with Crippen molar-refractivity contribution in [3.8, 4) is 0 Å². The van der Waals surface area contributed by atoms with Crippen LogP contribution in [-0.4, -0.2) is 0 Å². The average molecular weight is 348 g/mol. The van der Waals surface area contributed by atoms with Gasteiger partial charge in [0.1, 0.15) is 23.3 Å². The number of rotatable bonds is 3. The number of hydrogen-bond donors (Lipinski definition) is 1. The minimum atomic E-state index is -1.05. The van der Waals surface area contributed by atoms with Crippen LogP contribution >= 0.6 is 15.9 Å². The summed E-state index contributed by atoms with van der Waals surface area (Å²) in [6.07, 6.45) is -0.267. The summed E-state index contributed by atoms with van der Waals surface area (Å²) >= 11 is 2.84. The monoisotopic (exact) mass is 347 g/mol. The van der Waals surface area contributed by atoms with Crippen molar-refractivity contribution >= 4 is 15.9 Å². The molecule has 0 fully saturated rings. The van der Waals surface area contributed by atoms with Crippen molar-refractivity contribution < 1.29 is 17.6 Å². The van der Waals surface area contributed by atoms with Gasteiger partial charge in [0.2, 0.25) is 0 Å². The van der Waals surface area contributed by atoms with E-state index in [1.165, 1.54) is 6.07 Å². The molecule has 2 N–H and O–H groups in total. The van der Waals surface area contributed by atoms with Gasteiger partial charge in [-0.25, -0.2) is 17.6 Å². The molecule has 20 heavy (non-hydrogen) atoms. The summed E-state index contributed by atoms with van der Waals surface area (Å²) in [5, 5.41) is 0. The summed E-state index contributed by atoms with van der Waals surface area (Å²) in [6.45, 7) is 0. The maximum absolute atomic E-state index is 13.7. The van der Waals surface area contributed by atoms with E-state index >= 15 is 0 Å². The Hall–Kier alpha value is -1.40. The van der Waals surface area contributed by atoms with Gasteiger partial charge in [-0.2, -0.15) is 0 Å². The van der Waals surface area contributed by atoms with Gasteiger partial charge in [0.25, 0.3) is 0 Å². The van der Waals surface area contributed by atoms with Gasteiger partial charge < -0.3 is 5.73 Å². The molecule has 0 saturated carbocycles. The fraction of sp³-hybridized carbons (Fsp3) is 0.143. The topological polar surface area (TPSA) is 26.0 Å². The Kier molecular flexibility index (Phi) is 4.45. The standard InChI is InChI=1S/C14H10BrF4N/c15-9-6-12(18)8(4-13(9)19)14(20)5-7-10(16)2-1-3-11(7)17/h1-4,6,14H,5,20H2. The molecule has 0 aliphatic rings. The highest BCUT2D eigenvalue weighted by atomic mass is 79.9. The fourth-order valence-electron chi connectivity index (χ4n) is 1.88. The molecule has 1 unspecified atom stereocenters. The first-order valence-corrected chi connectivity index (χ1v) is 6.52. The molecule has 0 spiro atoms. The Labute approximate surface area is 121 Å². The first kappa shape index (κ1) is 15.0. The molecule has 106 valence electrons. The molecular formula is C14H10BrF4N. The molecule has 2 aromatic rings. The molecule has 1 nitrogen and oxygen atoms in total. The second-order valence-electron chi connectivity index (χ2n) is 4.30. The molecule has 2 rings (SSSR count). The molecule has 0 aliphatic carbocycles. The number of benzene rings is 2. The summed E-state index contributed by atoms with van der Waals surface area (Å²) in [6, 6.07) is 4.20. The highest BCUT2D eigenvalue weighted by Gasteiger charge is 2.18. The van der Waals surface area contributed by atoms with Crippen LogP contribution in [-0.2, 0) is 6.42 Å². The molecule has 0 bridgehead atoms. The fourth-order valence-corrected chi connectivity index (χ4v) is 2.19. The lowest BCUT2D eigenvalue weighted by Gasteiger charge is -2.15. The van der Waals surface area contributed by atoms with E-state index in [0.717, 1.165) is 24.3 Å². The lowest BCUT2D eigenvalue weighted by atomic mass is 9.98. The number of halogens is 5. The Morgan fingerprint density at radius 2 is 1.55 bits per heavy atom. The van der Waals surface area contributed by atoms with Gasteiger partial charge in [0.05, 0.1) is 4.47 Å².